The summed E-state index contributed by atoms with van der Waals surface area (Å²) < 4.78 is 30.4. The average molecular weight is 527 g/mol. The van der Waals surface area contributed by atoms with Gasteiger partial charge >= 0.3 is 0 Å². The molecule has 0 aliphatic heterocycles. The zero-order valence-corrected chi connectivity index (χ0v) is 22.7. The van der Waals surface area contributed by atoms with E-state index >= 15 is 0 Å². The van der Waals surface area contributed by atoms with Gasteiger partial charge in [0.05, 0.1) is 26.4 Å². The Morgan fingerprint density at radius 3 is 0.949 bits per heavy atom. The second-order valence-electron chi connectivity index (χ2n) is 9.15. The second kappa shape index (κ2) is 15.9. The van der Waals surface area contributed by atoms with Gasteiger partial charge in [0, 0.05) is 14.2 Å². The number of hydrogen-bond donors (Lipinski definition) is 0. The Kier molecular flexibility index (Phi) is 11.7. The largest absolute Gasteiger partial charge is 0.377 e. The Hall–Kier alpha value is -3.32. The normalized spacial score (nSPS) is 14.4. The van der Waals surface area contributed by atoms with Crippen molar-refractivity contribution in [2.75, 3.05) is 40.6 Å². The van der Waals surface area contributed by atoms with Crippen LogP contribution in [0.2, 0.25) is 0 Å². The quantitative estimate of drug-likeness (QED) is 0.143. The lowest BCUT2D eigenvalue weighted by Gasteiger charge is -2.28. The highest BCUT2D eigenvalue weighted by atomic mass is 16.6. The summed E-state index contributed by atoms with van der Waals surface area (Å²) in [6.45, 7) is 1.75. The lowest BCUT2D eigenvalue weighted by atomic mass is 9.98. The molecule has 204 valence electrons. The van der Waals surface area contributed by atoms with Crippen LogP contribution in [0, 0.1) is 0 Å². The molecule has 0 bridgehead atoms. The van der Waals surface area contributed by atoms with E-state index < -0.39 is 0 Å². The zero-order valence-electron chi connectivity index (χ0n) is 22.7. The van der Waals surface area contributed by atoms with Crippen molar-refractivity contribution in [2.45, 2.75) is 24.4 Å². The molecule has 0 aromatic heterocycles. The third kappa shape index (κ3) is 8.33. The van der Waals surface area contributed by atoms with E-state index in [1.807, 2.05) is 72.8 Å². The molecular formula is C34H38O5. The number of methoxy groups -OCH3 is 2. The van der Waals surface area contributed by atoms with Crippen LogP contribution in [-0.4, -0.2) is 40.6 Å². The third-order valence-corrected chi connectivity index (χ3v) is 6.62. The van der Waals surface area contributed by atoms with Gasteiger partial charge in [-0.25, -0.2) is 0 Å². The highest BCUT2D eigenvalue weighted by Crippen LogP contribution is 2.35. The topological polar surface area (TPSA) is 46.2 Å². The number of ether oxygens (including phenoxy) is 5. The van der Waals surface area contributed by atoms with Crippen LogP contribution >= 0.6 is 0 Å². The van der Waals surface area contributed by atoms with Crippen molar-refractivity contribution in [2.24, 2.45) is 0 Å². The minimum absolute atomic E-state index is 0.229. The molecule has 0 aliphatic rings. The second-order valence-corrected chi connectivity index (χ2v) is 9.15. The molecule has 0 saturated carbocycles. The van der Waals surface area contributed by atoms with Gasteiger partial charge in [0.15, 0.2) is 0 Å². The smallest absolute Gasteiger partial charge is 0.113 e. The van der Waals surface area contributed by atoms with Crippen LogP contribution < -0.4 is 0 Å². The molecule has 39 heavy (non-hydrogen) atoms. The van der Waals surface area contributed by atoms with E-state index in [1.54, 1.807) is 14.2 Å². The molecule has 0 N–H and O–H groups in total. The Morgan fingerprint density at radius 2 is 0.667 bits per heavy atom. The van der Waals surface area contributed by atoms with Crippen LogP contribution in [0.3, 0.4) is 0 Å². The highest BCUT2D eigenvalue weighted by Gasteiger charge is 2.27. The Morgan fingerprint density at radius 1 is 0.385 bits per heavy atom. The number of benzene rings is 4. The molecule has 0 spiro atoms. The van der Waals surface area contributed by atoms with Crippen LogP contribution in [0.1, 0.15) is 46.7 Å². The van der Waals surface area contributed by atoms with Gasteiger partial charge in [-0.05, 0) is 22.3 Å². The first-order valence-electron chi connectivity index (χ1n) is 13.4. The molecule has 5 nitrogen and oxygen atoms in total. The zero-order chi connectivity index (χ0) is 27.1. The van der Waals surface area contributed by atoms with Crippen molar-refractivity contribution < 1.29 is 23.7 Å². The molecule has 4 atom stereocenters. The molecule has 4 rings (SSSR count). The van der Waals surface area contributed by atoms with Gasteiger partial charge in [0.25, 0.3) is 0 Å². The van der Waals surface area contributed by atoms with Gasteiger partial charge < -0.3 is 23.7 Å². The molecule has 4 aromatic carbocycles. The molecule has 0 amide bonds. The molecule has 0 saturated heterocycles. The molecule has 0 heterocycles. The first-order chi connectivity index (χ1) is 19.3. The molecule has 4 aromatic rings. The van der Waals surface area contributed by atoms with E-state index in [4.69, 9.17) is 23.7 Å². The van der Waals surface area contributed by atoms with Crippen LogP contribution in [0.5, 0.6) is 0 Å². The van der Waals surface area contributed by atoms with Crippen LogP contribution in [0.25, 0.3) is 0 Å². The number of rotatable bonds is 16. The lowest BCUT2D eigenvalue weighted by molar-refractivity contribution is -0.0915. The van der Waals surface area contributed by atoms with Gasteiger partial charge in [-0.1, -0.05) is 121 Å². The first-order valence-corrected chi connectivity index (χ1v) is 13.4. The maximum atomic E-state index is 6.34. The highest BCUT2D eigenvalue weighted by molar-refractivity contribution is 5.26. The fourth-order valence-electron chi connectivity index (χ4n) is 4.73. The van der Waals surface area contributed by atoms with Crippen molar-refractivity contribution in [3.63, 3.8) is 0 Å². The minimum atomic E-state index is -0.255. The molecule has 0 fully saturated rings. The van der Waals surface area contributed by atoms with Crippen LogP contribution in [-0.2, 0) is 23.7 Å². The predicted octanol–water partition coefficient (Wildman–Crippen LogP) is 7.29. The Labute approximate surface area is 232 Å². The fraction of sp³-hybridized carbons (Fsp3) is 0.294. The van der Waals surface area contributed by atoms with Crippen molar-refractivity contribution in [3.05, 3.63) is 144 Å². The van der Waals surface area contributed by atoms with Gasteiger partial charge in [-0.2, -0.15) is 0 Å². The van der Waals surface area contributed by atoms with Gasteiger partial charge in [0.1, 0.15) is 24.4 Å². The fourth-order valence-corrected chi connectivity index (χ4v) is 4.73. The van der Waals surface area contributed by atoms with E-state index in [-0.39, 0.29) is 24.4 Å². The summed E-state index contributed by atoms with van der Waals surface area (Å²) in [4.78, 5) is 0. The van der Waals surface area contributed by atoms with E-state index in [2.05, 4.69) is 48.5 Å². The maximum absolute atomic E-state index is 6.34. The lowest BCUT2D eigenvalue weighted by Crippen LogP contribution is -2.21. The van der Waals surface area contributed by atoms with Crippen molar-refractivity contribution in [3.8, 4) is 0 Å². The SMILES string of the molecule is CO[C@@H](c1ccccc1)[C@@H](OCCOCCO[C@@H](c1ccccc1)[C@@H](OC)c1ccccc1)c1ccccc1. The molecule has 0 unspecified atom stereocenters. The van der Waals surface area contributed by atoms with E-state index in [9.17, 15) is 0 Å². The summed E-state index contributed by atoms with van der Waals surface area (Å²) in [7, 11) is 3.44. The van der Waals surface area contributed by atoms with Gasteiger partial charge in [-0.15, -0.1) is 0 Å². The standard InChI is InChI=1S/C34H38O5/c1-35-31(27-15-7-3-8-16-27)33(29-19-11-5-12-20-29)38-25-23-37-24-26-39-34(30-21-13-6-14-22-30)32(36-2)28-17-9-4-10-18-28/h3-22,31-34H,23-26H2,1-2H3/t31-,32-,33-,34-/m0/s1. The van der Waals surface area contributed by atoms with Crippen LogP contribution in [0.15, 0.2) is 121 Å². The summed E-state index contributed by atoms with van der Waals surface area (Å²) in [5.74, 6) is 0. The average Bonchev–Trinajstić information content (AvgIpc) is 3.01. The van der Waals surface area contributed by atoms with Crippen molar-refractivity contribution >= 4 is 0 Å². The summed E-state index contributed by atoms with van der Waals surface area (Å²) in [6.07, 6.45) is -0.969. The maximum Gasteiger partial charge on any atom is 0.113 e. The summed E-state index contributed by atoms with van der Waals surface area (Å²) >= 11 is 0. The van der Waals surface area contributed by atoms with E-state index in [0.29, 0.717) is 26.4 Å². The van der Waals surface area contributed by atoms with Gasteiger partial charge in [0.2, 0.25) is 0 Å². The monoisotopic (exact) mass is 526 g/mol. The summed E-state index contributed by atoms with van der Waals surface area (Å²) in [5.41, 5.74) is 4.27. The summed E-state index contributed by atoms with van der Waals surface area (Å²) in [5, 5.41) is 0. The van der Waals surface area contributed by atoms with E-state index in [0.717, 1.165) is 22.3 Å². The molecule has 0 aliphatic carbocycles. The first kappa shape index (κ1) is 28.7. The van der Waals surface area contributed by atoms with Crippen molar-refractivity contribution in [1.82, 2.24) is 0 Å². The molecular weight excluding hydrogens is 488 g/mol. The Balaban J connectivity index is 1.31. The Bertz CT molecular complexity index is 1080. The van der Waals surface area contributed by atoms with Gasteiger partial charge in [-0.3, -0.25) is 0 Å². The summed E-state index contributed by atoms with van der Waals surface area (Å²) in [6, 6.07) is 40.7. The molecule has 0 radical (unpaired) electrons. The number of hydrogen-bond acceptors (Lipinski definition) is 5. The third-order valence-electron chi connectivity index (χ3n) is 6.62. The predicted molar refractivity (Wildman–Crippen MR) is 153 cm³/mol. The van der Waals surface area contributed by atoms with Crippen LogP contribution in [0.4, 0.5) is 0 Å². The molecule has 5 heteroatoms. The minimum Gasteiger partial charge on any atom is -0.377 e. The van der Waals surface area contributed by atoms with Crippen molar-refractivity contribution in [1.29, 1.82) is 0 Å². The van der Waals surface area contributed by atoms with E-state index in [1.165, 1.54) is 0 Å².